The SMILES string of the molecule is O=C(O)CCSCCCN1C(=O)OCC1C=CC(O)C(F)(F)c1ccccc1. The van der Waals surface area contributed by atoms with E-state index < -0.39 is 30.1 Å². The third-order valence-electron chi connectivity index (χ3n) is 4.21. The summed E-state index contributed by atoms with van der Waals surface area (Å²) in [6, 6.07) is 6.51. The first kappa shape index (κ1) is 22.2. The highest BCUT2D eigenvalue weighted by molar-refractivity contribution is 7.99. The summed E-state index contributed by atoms with van der Waals surface area (Å²) in [6.07, 6.45) is 0.494. The van der Waals surface area contributed by atoms with Crippen LogP contribution < -0.4 is 0 Å². The van der Waals surface area contributed by atoms with Crippen LogP contribution in [0, 0.1) is 0 Å². The molecule has 0 spiro atoms. The van der Waals surface area contributed by atoms with E-state index in [0.717, 1.165) is 6.08 Å². The molecule has 2 atom stereocenters. The van der Waals surface area contributed by atoms with Gasteiger partial charge < -0.3 is 14.9 Å². The summed E-state index contributed by atoms with van der Waals surface area (Å²) in [5, 5.41) is 18.5. The van der Waals surface area contributed by atoms with Crippen molar-refractivity contribution < 1.29 is 33.3 Å². The Hall–Kier alpha value is -2.13. The minimum Gasteiger partial charge on any atom is -0.481 e. The quantitative estimate of drug-likeness (QED) is 0.427. The van der Waals surface area contributed by atoms with Gasteiger partial charge in [0.25, 0.3) is 0 Å². The van der Waals surface area contributed by atoms with Crippen LogP contribution in [0.3, 0.4) is 0 Å². The molecule has 0 bridgehead atoms. The molecule has 0 radical (unpaired) electrons. The van der Waals surface area contributed by atoms with Crippen LogP contribution in [0.2, 0.25) is 0 Å². The smallest absolute Gasteiger partial charge is 0.410 e. The molecule has 9 heteroatoms. The van der Waals surface area contributed by atoms with E-state index in [1.165, 1.54) is 47.0 Å². The number of alkyl halides is 2. The van der Waals surface area contributed by atoms with E-state index in [0.29, 0.717) is 24.5 Å². The molecule has 1 saturated heterocycles. The summed E-state index contributed by atoms with van der Waals surface area (Å²) >= 11 is 1.47. The Morgan fingerprint density at radius 2 is 2.07 bits per heavy atom. The van der Waals surface area contributed by atoms with Crippen molar-refractivity contribution >= 4 is 23.8 Å². The molecule has 0 aromatic heterocycles. The number of cyclic esters (lactones) is 1. The lowest BCUT2D eigenvalue weighted by Gasteiger charge is -2.22. The van der Waals surface area contributed by atoms with E-state index in [1.54, 1.807) is 6.07 Å². The monoisotopic (exact) mass is 415 g/mol. The van der Waals surface area contributed by atoms with Crippen molar-refractivity contribution in [3.63, 3.8) is 0 Å². The molecule has 1 aromatic carbocycles. The van der Waals surface area contributed by atoms with Crippen molar-refractivity contribution in [2.45, 2.75) is 30.9 Å². The first-order valence-electron chi connectivity index (χ1n) is 8.85. The number of halogens is 2. The Balaban J connectivity index is 1.87. The Morgan fingerprint density at radius 1 is 1.36 bits per heavy atom. The minimum atomic E-state index is -3.45. The van der Waals surface area contributed by atoms with Crippen LogP contribution in [0.25, 0.3) is 0 Å². The Morgan fingerprint density at radius 3 is 2.75 bits per heavy atom. The summed E-state index contributed by atoms with van der Waals surface area (Å²) < 4.78 is 33.6. The summed E-state index contributed by atoms with van der Waals surface area (Å²) in [4.78, 5) is 23.7. The number of aliphatic hydroxyl groups excluding tert-OH is 1. The van der Waals surface area contributed by atoms with Crippen LogP contribution >= 0.6 is 11.8 Å². The molecule has 28 heavy (non-hydrogen) atoms. The lowest BCUT2D eigenvalue weighted by Crippen LogP contribution is -2.34. The second-order valence-corrected chi connectivity index (χ2v) is 7.49. The van der Waals surface area contributed by atoms with Gasteiger partial charge in [0.05, 0.1) is 12.5 Å². The number of carbonyl (C=O) groups is 2. The third kappa shape index (κ3) is 6.20. The lowest BCUT2D eigenvalue weighted by molar-refractivity contribution is -0.136. The van der Waals surface area contributed by atoms with Crippen molar-refractivity contribution in [1.29, 1.82) is 0 Å². The van der Waals surface area contributed by atoms with Gasteiger partial charge in [-0.15, -0.1) is 0 Å². The predicted molar refractivity (Wildman–Crippen MR) is 102 cm³/mol. The third-order valence-corrected chi connectivity index (χ3v) is 5.28. The maximum atomic E-state index is 14.3. The number of aliphatic hydroxyl groups is 1. The zero-order valence-corrected chi connectivity index (χ0v) is 16.0. The number of aliphatic carboxylic acids is 1. The van der Waals surface area contributed by atoms with Crippen LogP contribution in [0.4, 0.5) is 13.6 Å². The molecule has 0 saturated carbocycles. The highest BCUT2D eigenvalue weighted by Gasteiger charge is 2.39. The number of amides is 1. The molecule has 2 unspecified atom stereocenters. The van der Waals surface area contributed by atoms with E-state index in [9.17, 15) is 23.5 Å². The van der Waals surface area contributed by atoms with Crippen LogP contribution in [0.1, 0.15) is 18.4 Å². The number of thioether (sulfide) groups is 1. The van der Waals surface area contributed by atoms with E-state index in [-0.39, 0.29) is 18.6 Å². The van der Waals surface area contributed by atoms with Gasteiger partial charge in [-0.1, -0.05) is 42.5 Å². The second-order valence-electron chi connectivity index (χ2n) is 6.27. The van der Waals surface area contributed by atoms with Gasteiger partial charge in [0.1, 0.15) is 12.7 Å². The van der Waals surface area contributed by atoms with Gasteiger partial charge in [-0.25, -0.2) is 4.79 Å². The molecule has 0 aliphatic carbocycles. The number of ether oxygens (including phenoxy) is 1. The molecule has 1 fully saturated rings. The Labute approximate surface area is 166 Å². The maximum absolute atomic E-state index is 14.3. The summed E-state index contributed by atoms with van der Waals surface area (Å²) in [5.41, 5.74) is -0.291. The molecule has 6 nitrogen and oxygen atoms in total. The molecule has 2 rings (SSSR count). The highest BCUT2D eigenvalue weighted by atomic mass is 32.2. The Bertz CT molecular complexity index is 686. The van der Waals surface area contributed by atoms with Crippen LogP contribution in [0.5, 0.6) is 0 Å². The number of benzene rings is 1. The van der Waals surface area contributed by atoms with Gasteiger partial charge in [-0.2, -0.15) is 20.5 Å². The topological polar surface area (TPSA) is 87.1 Å². The van der Waals surface area contributed by atoms with Crippen molar-refractivity contribution in [2.24, 2.45) is 0 Å². The number of carboxylic acid groups (broad SMARTS) is 1. The average Bonchev–Trinajstić information content (AvgIpc) is 3.02. The largest absolute Gasteiger partial charge is 0.481 e. The number of carbonyl (C=O) groups excluding carboxylic acids is 1. The number of carboxylic acids is 1. The number of hydrogen-bond donors (Lipinski definition) is 2. The standard InChI is InChI=1S/C19H23F2NO5S/c20-19(21,14-5-2-1-3-6-14)16(23)8-7-15-13-27-18(26)22(15)10-4-11-28-12-9-17(24)25/h1-3,5-8,15-16,23H,4,9-13H2,(H,24,25). The van der Waals surface area contributed by atoms with Crippen LogP contribution in [-0.2, 0) is 15.5 Å². The van der Waals surface area contributed by atoms with Gasteiger partial charge in [0.15, 0.2) is 0 Å². The zero-order chi connectivity index (χ0) is 20.6. The van der Waals surface area contributed by atoms with Gasteiger partial charge in [-0.3, -0.25) is 9.69 Å². The number of rotatable bonds is 11. The van der Waals surface area contributed by atoms with Crippen molar-refractivity contribution in [1.82, 2.24) is 4.90 Å². The van der Waals surface area contributed by atoms with Gasteiger partial charge in [0.2, 0.25) is 0 Å². The van der Waals surface area contributed by atoms with Gasteiger partial charge >= 0.3 is 18.0 Å². The normalized spacial score (nSPS) is 18.5. The fourth-order valence-electron chi connectivity index (χ4n) is 2.67. The van der Waals surface area contributed by atoms with E-state index in [1.807, 2.05) is 0 Å². The van der Waals surface area contributed by atoms with Gasteiger partial charge in [0, 0.05) is 17.9 Å². The first-order valence-corrected chi connectivity index (χ1v) is 10.0. The van der Waals surface area contributed by atoms with E-state index in [2.05, 4.69) is 0 Å². The molecule has 2 N–H and O–H groups in total. The van der Waals surface area contributed by atoms with Crippen molar-refractivity contribution in [2.75, 3.05) is 24.7 Å². The summed E-state index contributed by atoms with van der Waals surface area (Å²) in [5.74, 6) is -3.15. The molecular weight excluding hydrogens is 392 g/mol. The van der Waals surface area contributed by atoms with Crippen molar-refractivity contribution in [3.8, 4) is 0 Å². The van der Waals surface area contributed by atoms with Crippen molar-refractivity contribution in [3.05, 3.63) is 48.0 Å². The van der Waals surface area contributed by atoms with E-state index >= 15 is 0 Å². The zero-order valence-electron chi connectivity index (χ0n) is 15.2. The predicted octanol–water partition coefficient (Wildman–Crippen LogP) is 3.11. The maximum Gasteiger partial charge on any atom is 0.410 e. The molecule has 1 heterocycles. The molecule has 1 aromatic rings. The second kappa shape index (κ2) is 10.4. The Kier molecular flexibility index (Phi) is 8.25. The molecule has 154 valence electrons. The summed E-state index contributed by atoms with van der Waals surface area (Å²) in [7, 11) is 0. The molecule has 1 aliphatic heterocycles. The number of nitrogens with zero attached hydrogens (tertiary/aromatic N) is 1. The molecule has 1 amide bonds. The molecule has 1 aliphatic rings. The fraction of sp³-hybridized carbons (Fsp3) is 0.474. The summed E-state index contributed by atoms with van der Waals surface area (Å²) in [6.45, 7) is 0.393. The fourth-order valence-corrected chi connectivity index (χ4v) is 3.52. The molecular formula is C19H23F2NO5S. The van der Waals surface area contributed by atoms with E-state index in [4.69, 9.17) is 9.84 Å². The van der Waals surface area contributed by atoms with Crippen LogP contribution in [-0.4, -0.2) is 64.0 Å². The minimum absolute atomic E-state index is 0.0329. The number of hydrogen-bond acceptors (Lipinski definition) is 5. The average molecular weight is 415 g/mol. The lowest BCUT2D eigenvalue weighted by atomic mass is 10.0. The van der Waals surface area contributed by atoms with Gasteiger partial charge in [-0.05, 0) is 12.2 Å². The van der Waals surface area contributed by atoms with Crippen LogP contribution in [0.15, 0.2) is 42.5 Å². The highest BCUT2D eigenvalue weighted by Crippen LogP contribution is 2.32. The first-order chi connectivity index (χ1) is 13.3.